The van der Waals surface area contributed by atoms with E-state index >= 15 is 0 Å². The topological polar surface area (TPSA) is 71.1 Å². The van der Waals surface area contributed by atoms with Gasteiger partial charge >= 0.3 is 11.9 Å². The third-order valence-corrected chi connectivity index (χ3v) is 5.64. The van der Waals surface area contributed by atoms with Crippen LogP contribution in [0.25, 0.3) is 0 Å². The molecule has 0 radical (unpaired) electrons. The Balaban J connectivity index is 1.52. The van der Waals surface area contributed by atoms with Crippen molar-refractivity contribution in [2.24, 2.45) is 5.92 Å². The highest BCUT2D eigenvalue weighted by molar-refractivity contribution is 5.91. The summed E-state index contributed by atoms with van der Waals surface area (Å²) in [4.78, 5) is 24.8. The molecule has 0 spiro atoms. The molecular weight excluding hydrogens is 408 g/mol. The predicted octanol–water partition coefficient (Wildman–Crippen LogP) is 5.58. The molecule has 0 bridgehead atoms. The van der Waals surface area contributed by atoms with E-state index < -0.39 is 11.6 Å². The first-order valence-electron chi connectivity index (χ1n) is 11.1. The Morgan fingerprint density at radius 2 is 1.50 bits per heavy atom. The first-order valence-corrected chi connectivity index (χ1v) is 11.1. The highest BCUT2D eigenvalue weighted by atomic mass is 16.6. The zero-order chi connectivity index (χ0) is 23.1. The van der Waals surface area contributed by atoms with E-state index in [4.69, 9.17) is 18.9 Å². The standard InChI is InChI=1S/C26H32O6/c1-18-7-5-6-8-23(18)31-24(27)17-26(2,3)32-22-11-9-19(10-12-22)25(28)30-21-15-13-20(29-4)14-16-21/h9-16,18,23H,5-8,17H2,1-4H3. The van der Waals surface area contributed by atoms with E-state index in [1.807, 2.05) is 13.8 Å². The molecule has 0 aromatic heterocycles. The van der Waals surface area contributed by atoms with Crippen molar-refractivity contribution >= 4 is 11.9 Å². The third-order valence-electron chi connectivity index (χ3n) is 5.64. The fraction of sp³-hybridized carbons (Fsp3) is 0.462. The molecule has 6 nitrogen and oxygen atoms in total. The summed E-state index contributed by atoms with van der Waals surface area (Å²) in [5.74, 6) is 1.38. The number of carbonyl (C=O) groups is 2. The van der Waals surface area contributed by atoms with E-state index in [0.29, 0.717) is 28.7 Å². The lowest BCUT2D eigenvalue weighted by Crippen LogP contribution is -2.35. The van der Waals surface area contributed by atoms with Gasteiger partial charge in [0.05, 0.1) is 19.1 Å². The van der Waals surface area contributed by atoms with E-state index in [0.717, 1.165) is 19.3 Å². The average molecular weight is 441 g/mol. The number of hydrogen-bond donors (Lipinski definition) is 0. The van der Waals surface area contributed by atoms with E-state index in [1.165, 1.54) is 6.42 Å². The van der Waals surface area contributed by atoms with Crippen LogP contribution >= 0.6 is 0 Å². The molecule has 1 aliphatic carbocycles. The summed E-state index contributed by atoms with van der Waals surface area (Å²) in [6.07, 6.45) is 4.50. The lowest BCUT2D eigenvalue weighted by molar-refractivity contribution is -0.156. The molecule has 1 saturated carbocycles. The van der Waals surface area contributed by atoms with Gasteiger partial charge in [-0.15, -0.1) is 0 Å². The quantitative estimate of drug-likeness (QED) is 0.394. The highest BCUT2D eigenvalue weighted by Gasteiger charge is 2.29. The van der Waals surface area contributed by atoms with Crippen molar-refractivity contribution in [1.29, 1.82) is 0 Å². The molecule has 172 valence electrons. The van der Waals surface area contributed by atoms with Crippen LogP contribution in [0.3, 0.4) is 0 Å². The SMILES string of the molecule is COc1ccc(OC(=O)c2ccc(OC(C)(C)CC(=O)OC3CCCCC3C)cc2)cc1. The molecule has 32 heavy (non-hydrogen) atoms. The van der Waals surface area contributed by atoms with E-state index in [-0.39, 0.29) is 18.5 Å². The van der Waals surface area contributed by atoms with Gasteiger partial charge in [-0.25, -0.2) is 4.79 Å². The fourth-order valence-electron chi connectivity index (χ4n) is 3.84. The van der Waals surface area contributed by atoms with Crippen molar-refractivity contribution < 1.29 is 28.5 Å². The second-order valence-corrected chi connectivity index (χ2v) is 8.92. The van der Waals surface area contributed by atoms with Crippen molar-refractivity contribution in [1.82, 2.24) is 0 Å². The molecule has 2 aromatic carbocycles. The molecule has 3 rings (SSSR count). The molecule has 0 saturated heterocycles. The molecular formula is C26H32O6. The summed E-state index contributed by atoms with van der Waals surface area (Å²) >= 11 is 0. The molecule has 2 unspecified atom stereocenters. The van der Waals surface area contributed by atoms with Gasteiger partial charge < -0.3 is 18.9 Å². The Kier molecular flexibility index (Phi) is 7.78. The van der Waals surface area contributed by atoms with Gasteiger partial charge in [0.15, 0.2) is 0 Å². The Labute approximate surface area is 189 Å². The second kappa shape index (κ2) is 10.5. The lowest BCUT2D eigenvalue weighted by Gasteiger charge is -2.30. The molecule has 2 aromatic rings. The van der Waals surface area contributed by atoms with Crippen molar-refractivity contribution in [3.05, 3.63) is 54.1 Å². The summed E-state index contributed by atoms with van der Waals surface area (Å²) in [6.45, 7) is 5.84. The minimum atomic E-state index is -0.736. The minimum Gasteiger partial charge on any atom is -0.497 e. The van der Waals surface area contributed by atoms with Gasteiger partial charge in [0.25, 0.3) is 0 Å². The first kappa shape index (κ1) is 23.6. The van der Waals surface area contributed by atoms with Crippen LogP contribution in [0, 0.1) is 5.92 Å². The smallest absolute Gasteiger partial charge is 0.343 e. The molecule has 1 aliphatic rings. The molecule has 2 atom stereocenters. The van der Waals surface area contributed by atoms with Crippen molar-refractivity contribution in [3.8, 4) is 17.2 Å². The number of rotatable bonds is 8. The largest absolute Gasteiger partial charge is 0.497 e. The second-order valence-electron chi connectivity index (χ2n) is 8.92. The number of carbonyl (C=O) groups excluding carboxylic acids is 2. The third kappa shape index (κ3) is 6.74. The van der Waals surface area contributed by atoms with Crippen LogP contribution in [-0.4, -0.2) is 30.8 Å². The van der Waals surface area contributed by atoms with Gasteiger partial charge in [-0.05, 0) is 87.6 Å². The average Bonchev–Trinajstić information content (AvgIpc) is 2.75. The van der Waals surface area contributed by atoms with Gasteiger partial charge in [-0.3, -0.25) is 4.79 Å². The molecule has 0 aliphatic heterocycles. The zero-order valence-corrected chi connectivity index (χ0v) is 19.3. The molecule has 0 amide bonds. The van der Waals surface area contributed by atoms with Gasteiger partial charge in [-0.1, -0.05) is 13.3 Å². The van der Waals surface area contributed by atoms with Crippen LogP contribution in [0.2, 0.25) is 0 Å². The lowest BCUT2D eigenvalue weighted by atomic mass is 9.88. The van der Waals surface area contributed by atoms with Crippen molar-refractivity contribution in [3.63, 3.8) is 0 Å². The van der Waals surface area contributed by atoms with Crippen LogP contribution in [-0.2, 0) is 9.53 Å². The van der Waals surface area contributed by atoms with E-state index in [9.17, 15) is 9.59 Å². The molecule has 1 fully saturated rings. The fourth-order valence-corrected chi connectivity index (χ4v) is 3.84. The van der Waals surface area contributed by atoms with Gasteiger partial charge in [0, 0.05) is 0 Å². The molecule has 0 heterocycles. The van der Waals surface area contributed by atoms with Gasteiger partial charge in [-0.2, -0.15) is 0 Å². The normalized spacial score (nSPS) is 18.5. The van der Waals surface area contributed by atoms with Gasteiger partial charge in [0.2, 0.25) is 0 Å². The van der Waals surface area contributed by atoms with E-state index in [1.54, 1.807) is 55.6 Å². The van der Waals surface area contributed by atoms with Crippen LogP contribution in [0.1, 0.15) is 63.2 Å². The maximum Gasteiger partial charge on any atom is 0.343 e. The van der Waals surface area contributed by atoms with Crippen LogP contribution < -0.4 is 14.2 Å². The van der Waals surface area contributed by atoms with Crippen LogP contribution in [0.15, 0.2) is 48.5 Å². The molecule has 0 N–H and O–H groups in total. The van der Waals surface area contributed by atoms with Gasteiger partial charge in [0.1, 0.15) is 29.0 Å². The van der Waals surface area contributed by atoms with Crippen molar-refractivity contribution in [2.45, 2.75) is 64.6 Å². The summed E-state index contributed by atoms with van der Waals surface area (Å²) in [7, 11) is 1.58. The number of benzene rings is 2. The monoisotopic (exact) mass is 440 g/mol. The summed E-state index contributed by atoms with van der Waals surface area (Å²) in [5, 5.41) is 0. The maximum absolute atomic E-state index is 12.4. The zero-order valence-electron chi connectivity index (χ0n) is 19.3. The number of methoxy groups -OCH3 is 1. The maximum atomic E-state index is 12.4. The Bertz CT molecular complexity index is 901. The Morgan fingerprint density at radius 1 is 0.906 bits per heavy atom. The number of ether oxygens (including phenoxy) is 4. The first-order chi connectivity index (χ1) is 15.3. The van der Waals surface area contributed by atoms with E-state index in [2.05, 4.69) is 6.92 Å². The number of esters is 2. The molecule has 6 heteroatoms. The van der Waals surface area contributed by atoms with Crippen LogP contribution in [0.5, 0.6) is 17.2 Å². The summed E-state index contributed by atoms with van der Waals surface area (Å²) in [6, 6.07) is 13.5. The number of hydrogen-bond acceptors (Lipinski definition) is 6. The Hall–Kier alpha value is -3.02. The predicted molar refractivity (Wildman–Crippen MR) is 121 cm³/mol. The minimum absolute atomic E-state index is 0.00282. The highest BCUT2D eigenvalue weighted by Crippen LogP contribution is 2.28. The van der Waals surface area contributed by atoms with Crippen molar-refractivity contribution in [2.75, 3.05) is 7.11 Å². The Morgan fingerprint density at radius 3 is 2.12 bits per heavy atom. The summed E-state index contributed by atoms with van der Waals surface area (Å²) < 4.78 is 22.2. The van der Waals surface area contributed by atoms with Crippen LogP contribution in [0.4, 0.5) is 0 Å². The summed E-state index contributed by atoms with van der Waals surface area (Å²) in [5.41, 5.74) is -0.336.